The van der Waals surface area contributed by atoms with Crippen molar-refractivity contribution in [2.75, 3.05) is 5.32 Å². The molecule has 3 fully saturated rings. The van der Waals surface area contributed by atoms with Crippen molar-refractivity contribution in [2.24, 2.45) is 16.7 Å². The lowest BCUT2D eigenvalue weighted by molar-refractivity contribution is 0.125. The van der Waals surface area contributed by atoms with E-state index in [1.54, 1.807) is 0 Å². The minimum Gasteiger partial charge on any atom is -0.334 e. The third kappa shape index (κ3) is 2.07. The van der Waals surface area contributed by atoms with Crippen molar-refractivity contribution in [1.82, 2.24) is 15.5 Å². The maximum Gasteiger partial charge on any atom is 0.321 e. The second kappa shape index (κ2) is 4.66. The minimum atomic E-state index is -0.131. The number of fused-ring (bicyclic) bond motifs is 2. The molecule has 2 amide bonds. The van der Waals surface area contributed by atoms with Crippen molar-refractivity contribution in [3.8, 4) is 0 Å². The predicted molar refractivity (Wildman–Crippen MR) is 87.1 cm³/mol. The molecule has 1 heterocycles. The highest BCUT2D eigenvalue weighted by molar-refractivity contribution is 7.15. The number of urea groups is 1. The molecule has 1 aromatic heterocycles. The number of carbonyl (C=O) groups excluding carboxylic acids is 1. The Balaban J connectivity index is 1.40. The van der Waals surface area contributed by atoms with Crippen molar-refractivity contribution in [3.63, 3.8) is 0 Å². The summed E-state index contributed by atoms with van der Waals surface area (Å²) in [6.07, 6.45) is 6.01. The summed E-state index contributed by atoms with van der Waals surface area (Å²) < 4.78 is 0. The number of anilines is 1. The number of hydrogen-bond donors (Lipinski definition) is 2. The number of nitrogens with zero attached hydrogens (tertiary/aromatic N) is 2. The Hall–Kier alpha value is -1.17. The van der Waals surface area contributed by atoms with Gasteiger partial charge in [0.25, 0.3) is 0 Å². The standard InChI is InChI=1S/C16H24N4OS/c1-15(2)10-6-7-16(15,3)11(8-10)17-13(21)18-14-20-19-12(22-14)9-4-5-9/h9-11H,4-8H2,1-3H3,(H2,17,18,20,21)/t10-,11-,16-/m0/s1. The van der Waals surface area contributed by atoms with Gasteiger partial charge in [-0.3, -0.25) is 5.32 Å². The summed E-state index contributed by atoms with van der Waals surface area (Å²) in [4.78, 5) is 12.3. The molecule has 22 heavy (non-hydrogen) atoms. The van der Waals surface area contributed by atoms with Crippen LogP contribution in [0.1, 0.15) is 63.8 Å². The molecule has 3 aliphatic carbocycles. The number of hydrogen-bond acceptors (Lipinski definition) is 4. The van der Waals surface area contributed by atoms with Crippen LogP contribution in [0, 0.1) is 16.7 Å². The van der Waals surface area contributed by atoms with Crippen molar-refractivity contribution < 1.29 is 4.79 Å². The van der Waals surface area contributed by atoms with Crippen LogP contribution >= 0.6 is 11.3 Å². The SMILES string of the molecule is CC1(C)[C@H]2CC[C@@]1(C)[C@@H](NC(=O)Nc1nnc(C3CC3)s1)C2. The van der Waals surface area contributed by atoms with Crippen LogP contribution in [0.15, 0.2) is 0 Å². The van der Waals surface area contributed by atoms with E-state index >= 15 is 0 Å². The minimum absolute atomic E-state index is 0.131. The summed E-state index contributed by atoms with van der Waals surface area (Å²) in [6, 6.07) is 0.130. The summed E-state index contributed by atoms with van der Waals surface area (Å²) in [5.41, 5.74) is 0.516. The first-order valence-electron chi connectivity index (χ1n) is 8.31. The molecule has 0 aliphatic heterocycles. The molecule has 2 N–H and O–H groups in total. The Labute approximate surface area is 135 Å². The van der Waals surface area contributed by atoms with Gasteiger partial charge >= 0.3 is 6.03 Å². The van der Waals surface area contributed by atoms with Gasteiger partial charge in [0, 0.05) is 12.0 Å². The number of rotatable bonds is 3. The highest BCUT2D eigenvalue weighted by Gasteiger charge is 2.61. The molecule has 0 saturated heterocycles. The highest BCUT2D eigenvalue weighted by atomic mass is 32.1. The normalized spacial score (nSPS) is 35.6. The van der Waals surface area contributed by atoms with E-state index in [0.29, 0.717) is 16.5 Å². The molecule has 2 bridgehead atoms. The Morgan fingerprint density at radius 1 is 1.23 bits per heavy atom. The summed E-state index contributed by atoms with van der Waals surface area (Å²) in [7, 11) is 0. The van der Waals surface area contributed by atoms with Crippen molar-refractivity contribution in [2.45, 2.75) is 64.8 Å². The van der Waals surface area contributed by atoms with Crippen LogP contribution in [0.3, 0.4) is 0 Å². The van der Waals surface area contributed by atoms with Gasteiger partial charge in [-0.25, -0.2) is 4.79 Å². The predicted octanol–water partition coefficient (Wildman–Crippen LogP) is 3.75. The highest BCUT2D eigenvalue weighted by Crippen LogP contribution is 2.65. The average Bonchev–Trinajstić information content (AvgIpc) is 3.13. The second-order valence-corrected chi connectivity index (χ2v) is 8.99. The van der Waals surface area contributed by atoms with Gasteiger partial charge in [0.2, 0.25) is 5.13 Å². The number of nitrogens with one attached hydrogen (secondary N) is 2. The van der Waals surface area contributed by atoms with E-state index in [9.17, 15) is 4.79 Å². The summed E-state index contributed by atoms with van der Waals surface area (Å²) in [6.45, 7) is 7.05. The largest absolute Gasteiger partial charge is 0.334 e. The van der Waals surface area contributed by atoms with Crippen LogP contribution in [0.5, 0.6) is 0 Å². The Morgan fingerprint density at radius 3 is 2.59 bits per heavy atom. The van der Waals surface area contributed by atoms with Crippen LogP contribution in [0.4, 0.5) is 9.93 Å². The van der Waals surface area contributed by atoms with Gasteiger partial charge in [-0.05, 0) is 48.9 Å². The van der Waals surface area contributed by atoms with Gasteiger partial charge < -0.3 is 5.32 Å². The van der Waals surface area contributed by atoms with E-state index in [1.807, 2.05) is 0 Å². The molecular formula is C16H24N4OS. The molecule has 0 radical (unpaired) electrons. The Kier molecular flexibility index (Phi) is 3.06. The monoisotopic (exact) mass is 320 g/mol. The van der Waals surface area contributed by atoms with Crippen LogP contribution in [0.2, 0.25) is 0 Å². The van der Waals surface area contributed by atoms with Crippen molar-refractivity contribution in [3.05, 3.63) is 5.01 Å². The number of amides is 2. The fourth-order valence-corrected chi connectivity index (χ4v) is 5.40. The molecule has 3 saturated carbocycles. The third-order valence-electron chi connectivity index (χ3n) is 6.69. The zero-order chi connectivity index (χ0) is 15.5. The van der Waals surface area contributed by atoms with E-state index in [-0.39, 0.29) is 17.5 Å². The van der Waals surface area contributed by atoms with Crippen LogP contribution in [-0.4, -0.2) is 22.3 Å². The lowest BCUT2D eigenvalue weighted by atomic mass is 9.69. The molecule has 3 atom stereocenters. The van der Waals surface area contributed by atoms with Crippen molar-refractivity contribution in [1.29, 1.82) is 0 Å². The lowest BCUT2D eigenvalue weighted by Gasteiger charge is -2.39. The van der Waals surface area contributed by atoms with Gasteiger partial charge in [-0.15, -0.1) is 10.2 Å². The molecule has 0 spiro atoms. The quantitative estimate of drug-likeness (QED) is 0.891. The summed E-state index contributed by atoms with van der Waals surface area (Å²) in [5, 5.41) is 16.0. The van der Waals surface area contributed by atoms with Gasteiger partial charge in [0.05, 0.1) is 0 Å². The molecule has 1 aromatic rings. The fourth-order valence-electron chi connectivity index (χ4n) is 4.49. The molecule has 6 heteroatoms. The van der Waals surface area contributed by atoms with E-state index in [2.05, 4.69) is 41.6 Å². The first kappa shape index (κ1) is 14.4. The van der Waals surface area contributed by atoms with Crippen LogP contribution in [-0.2, 0) is 0 Å². The number of aromatic nitrogens is 2. The lowest BCUT2D eigenvalue weighted by Crippen LogP contribution is -2.48. The fraction of sp³-hybridized carbons (Fsp3) is 0.812. The topological polar surface area (TPSA) is 66.9 Å². The van der Waals surface area contributed by atoms with E-state index in [0.717, 1.165) is 17.3 Å². The smallest absolute Gasteiger partial charge is 0.321 e. The third-order valence-corrected chi connectivity index (χ3v) is 7.69. The molecule has 3 aliphatic rings. The molecule has 120 valence electrons. The first-order valence-corrected chi connectivity index (χ1v) is 9.13. The van der Waals surface area contributed by atoms with Gasteiger partial charge in [0.1, 0.15) is 5.01 Å². The maximum atomic E-state index is 12.3. The zero-order valence-electron chi connectivity index (χ0n) is 13.5. The Morgan fingerprint density at radius 2 is 2.00 bits per heavy atom. The van der Waals surface area contributed by atoms with Crippen LogP contribution < -0.4 is 10.6 Å². The van der Waals surface area contributed by atoms with Gasteiger partial charge in [0.15, 0.2) is 0 Å². The van der Waals surface area contributed by atoms with Gasteiger partial charge in [-0.1, -0.05) is 32.1 Å². The molecule has 5 nitrogen and oxygen atoms in total. The first-order chi connectivity index (χ1) is 10.4. The molecule has 0 unspecified atom stereocenters. The maximum absolute atomic E-state index is 12.3. The van der Waals surface area contributed by atoms with Crippen molar-refractivity contribution >= 4 is 22.5 Å². The number of carbonyl (C=O) groups is 1. The average molecular weight is 320 g/mol. The molecular weight excluding hydrogens is 296 g/mol. The zero-order valence-corrected chi connectivity index (χ0v) is 14.3. The summed E-state index contributed by atoms with van der Waals surface area (Å²) >= 11 is 1.51. The Bertz CT molecular complexity index is 609. The second-order valence-electron chi connectivity index (χ2n) is 7.98. The summed E-state index contributed by atoms with van der Waals surface area (Å²) in [5.74, 6) is 1.31. The van der Waals surface area contributed by atoms with E-state index in [1.165, 1.54) is 37.0 Å². The molecule has 0 aromatic carbocycles. The van der Waals surface area contributed by atoms with E-state index < -0.39 is 0 Å². The van der Waals surface area contributed by atoms with E-state index in [4.69, 9.17) is 0 Å². The van der Waals surface area contributed by atoms with Gasteiger partial charge in [-0.2, -0.15) is 0 Å². The van der Waals surface area contributed by atoms with Crippen LogP contribution in [0.25, 0.3) is 0 Å². The molecule has 4 rings (SSSR count).